The molecule has 3 nitrogen and oxygen atoms in total. The molecule has 1 aromatic carbocycles. The summed E-state index contributed by atoms with van der Waals surface area (Å²) >= 11 is 0. The van der Waals surface area contributed by atoms with Gasteiger partial charge in [0.1, 0.15) is 12.7 Å². The van der Waals surface area contributed by atoms with Gasteiger partial charge >= 0.3 is 0 Å². The SMILES string of the molecule is CC(C)CC[N+]1(O)C=C(C[C@@H](C)N)c2ccccc21. The first-order chi connectivity index (χ1) is 8.92. The van der Waals surface area contributed by atoms with Crippen molar-refractivity contribution in [3.63, 3.8) is 0 Å². The maximum absolute atomic E-state index is 10.9. The fraction of sp³-hybridized carbons (Fsp3) is 0.500. The van der Waals surface area contributed by atoms with Crippen LogP contribution in [-0.4, -0.2) is 17.8 Å². The van der Waals surface area contributed by atoms with Crippen LogP contribution in [0.4, 0.5) is 5.69 Å². The van der Waals surface area contributed by atoms with Crippen molar-refractivity contribution in [2.24, 2.45) is 11.7 Å². The lowest BCUT2D eigenvalue weighted by Crippen LogP contribution is -2.40. The van der Waals surface area contributed by atoms with Crippen molar-refractivity contribution < 1.29 is 5.21 Å². The Morgan fingerprint density at radius 3 is 2.53 bits per heavy atom. The number of quaternary nitrogens is 1. The van der Waals surface area contributed by atoms with E-state index in [0.29, 0.717) is 5.92 Å². The quantitative estimate of drug-likeness (QED) is 0.797. The molecule has 2 atom stereocenters. The Morgan fingerprint density at radius 1 is 1.21 bits per heavy atom. The van der Waals surface area contributed by atoms with Crippen LogP contribution in [0.5, 0.6) is 0 Å². The minimum atomic E-state index is -0.0730. The van der Waals surface area contributed by atoms with Crippen LogP contribution in [0.1, 0.15) is 39.2 Å². The standard InChI is InChI=1S/C16H25N2O/c1-12(2)8-9-18(19)11-14(10-13(3)17)15-6-4-5-7-16(15)18/h4-7,11-13,19H,8-10,17H2,1-3H3/q+1/t13-,18?/m1/s1. The van der Waals surface area contributed by atoms with E-state index in [0.717, 1.165) is 36.2 Å². The Hall–Kier alpha value is -1.16. The predicted octanol–water partition coefficient (Wildman–Crippen LogP) is 3.52. The van der Waals surface area contributed by atoms with E-state index in [1.807, 2.05) is 31.3 Å². The molecule has 0 aromatic heterocycles. The van der Waals surface area contributed by atoms with Crippen molar-refractivity contribution in [2.45, 2.75) is 39.7 Å². The molecule has 1 unspecified atom stereocenters. The summed E-state index contributed by atoms with van der Waals surface area (Å²) < 4.78 is -0.0730. The van der Waals surface area contributed by atoms with Crippen molar-refractivity contribution in [1.29, 1.82) is 0 Å². The van der Waals surface area contributed by atoms with Gasteiger partial charge in [-0.2, -0.15) is 0 Å². The maximum Gasteiger partial charge on any atom is 0.177 e. The molecule has 2 rings (SSSR count). The van der Waals surface area contributed by atoms with Gasteiger partial charge in [0.25, 0.3) is 0 Å². The van der Waals surface area contributed by atoms with Gasteiger partial charge in [0.05, 0.1) is 0 Å². The van der Waals surface area contributed by atoms with E-state index in [2.05, 4.69) is 19.9 Å². The molecule has 1 aliphatic rings. The van der Waals surface area contributed by atoms with E-state index in [-0.39, 0.29) is 10.7 Å². The lowest BCUT2D eigenvalue weighted by Gasteiger charge is -2.23. The molecule has 1 heterocycles. The topological polar surface area (TPSA) is 46.2 Å². The van der Waals surface area contributed by atoms with Crippen LogP contribution in [0.25, 0.3) is 5.57 Å². The monoisotopic (exact) mass is 261 g/mol. The van der Waals surface area contributed by atoms with Crippen molar-refractivity contribution in [3.05, 3.63) is 36.0 Å². The smallest absolute Gasteiger partial charge is 0.177 e. The Balaban J connectivity index is 2.32. The number of rotatable bonds is 5. The van der Waals surface area contributed by atoms with Crippen molar-refractivity contribution in [3.8, 4) is 0 Å². The maximum atomic E-state index is 10.9. The third kappa shape index (κ3) is 3.06. The molecule has 0 fully saturated rings. The van der Waals surface area contributed by atoms with Crippen molar-refractivity contribution in [1.82, 2.24) is 4.65 Å². The van der Waals surface area contributed by atoms with Crippen LogP contribution in [0.2, 0.25) is 0 Å². The fourth-order valence-corrected chi connectivity index (χ4v) is 2.63. The van der Waals surface area contributed by atoms with E-state index in [1.54, 1.807) is 0 Å². The van der Waals surface area contributed by atoms with Crippen LogP contribution < -0.4 is 10.4 Å². The van der Waals surface area contributed by atoms with Crippen LogP contribution in [-0.2, 0) is 0 Å². The first kappa shape index (κ1) is 14.3. The molecule has 1 aliphatic heterocycles. The van der Waals surface area contributed by atoms with Gasteiger partial charge in [0.15, 0.2) is 5.69 Å². The summed E-state index contributed by atoms with van der Waals surface area (Å²) in [5.74, 6) is 0.584. The zero-order valence-corrected chi connectivity index (χ0v) is 12.1. The van der Waals surface area contributed by atoms with E-state index in [9.17, 15) is 5.21 Å². The fourth-order valence-electron chi connectivity index (χ4n) is 2.63. The highest BCUT2D eigenvalue weighted by Crippen LogP contribution is 2.40. The van der Waals surface area contributed by atoms with Crippen LogP contribution in [0.15, 0.2) is 30.5 Å². The summed E-state index contributed by atoms with van der Waals surface area (Å²) in [6.45, 7) is 7.08. The highest BCUT2D eigenvalue weighted by atomic mass is 16.5. The normalized spacial score (nSPS) is 23.4. The predicted molar refractivity (Wildman–Crippen MR) is 80.6 cm³/mol. The van der Waals surface area contributed by atoms with Crippen molar-refractivity contribution >= 4 is 11.3 Å². The lowest BCUT2D eigenvalue weighted by atomic mass is 10.0. The average molecular weight is 261 g/mol. The van der Waals surface area contributed by atoms with E-state index >= 15 is 0 Å². The number of nitrogens with zero attached hydrogens (tertiary/aromatic N) is 1. The van der Waals surface area contributed by atoms with E-state index in [1.165, 1.54) is 0 Å². The summed E-state index contributed by atoms with van der Waals surface area (Å²) in [7, 11) is 0. The summed E-state index contributed by atoms with van der Waals surface area (Å²) in [5.41, 5.74) is 9.20. The molecule has 0 radical (unpaired) electrons. The Bertz CT molecular complexity index is 479. The van der Waals surface area contributed by atoms with Crippen molar-refractivity contribution in [2.75, 3.05) is 6.54 Å². The Morgan fingerprint density at radius 2 is 1.89 bits per heavy atom. The van der Waals surface area contributed by atoms with Gasteiger partial charge in [-0.1, -0.05) is 26.0 Å². The highest BCUT2D eigenvalue weighted by molar-refractivity contribution is 5.81. The van der Waals surface area contributed by atoms with E-state index in [4.69, 9.17) is 5.73 Å². The van der Waals surface area contributed by atoms with Gasteiger partial charge in [0.2, 0.25) is 0 Å². The van der Waals surface area contributed by atoms with Gasteiger partial charge in [-0.15, -0.1) is 4.65 Å². The van der Waals surface area contributed by atoms with Gasteiger partial charge in [-0.25, -0.2) is 5.21 Å². The average Bonchev–Trinajstić information content (AvgIpc) is 2.61. The third-order valence-corrected chi connectivity index (χ3v) is 3.63. The molecule has 3 heteroatoms. The molecule has 0 amide bonds. The first-order valence-electron chi connectivity index (χ1n) is 7.10. The highest BCUT2D eigenvalue weighted by Gasteiger charge is 2.37. The molecule has 0 bridgehead atoms. The third-order valence-electron chi connectivity index (χ3n) is 3.63. The minimum Gasteiger partial charge on any atom is -0.328 e. The molecule has 0 saturated carbocycles. The Kier molecular flexibility index (Phi) is 4.09. The molecule has 104 valence electrons. The second kappa shape index (κ2) is 5.45. The zero-order chi connectivity index (χ0) is 14.0. The largest absolute Gasteiger partial charge is 0.328 e. The minimum absolute atomic E-state index is 0.0730. The number of para-hydroxylation sites is 1. The molecule has 19 heavy (non-hydrogen) atoms. The number of hydroxylamine groups is 2. The van der Waals surface area contributed by atoms with Gasteiger partial charge in [-0.3, -0.25) is 0 Å². The molecular weight excluding hydrogens is 236 g/mol. The van der Waals surface area contributed by atoms with Gasteiger partial charge < -0.3 is 5.73 Å². The van der Waals surface area contributed by atoms with Crippen LogP contribution in [0.3, 0.4) is 0 Å². The summed E-state index contributed by atoms with van der Waals surface area (Å²) in [6.07, 6.45) is 3.77. The number of benzene rings is 1. The number of fused-ring (bicyclic) bond motifs is 1. The second-order valence-corrected chi connectivity index (χ2v) is 6.09. The van der Waals surface area contributed by atoms with Crippen LogP contribution >= 0.6 is 0 Å². The number of nitrogens with two attached hydrogens (primary N) is 1. The molecule has 0 saturated heterocycles. The zero-order valence-electron chi connectivity index (χ0n) is 12.1. The second-order valence-electron chi connectivity index (χ2n) is 6.09. The lowest BCUT2D eigenvalue weighted by molar-refractivity contribution is -0.0317. The number of hydrogen-bond donors (Lipinski definition) is 2. The summed E-state index contributed by atoms with van der Waals surface area (Å²) in [4.78, 5) is 0. The molecule has 0 spiro atoms. The molecular formula is C16H25N2O+. The summed E-state index contributed by atoms with van der Waals surface area (Å²) in [6, 6.07) is 8.21. The number of hydrogen-bond acceptors (Lipinski definition) is 2. The Labute approximate surface area is 115 Å². The van der Waals surface area contributed by atoms with Gasteiger partial charge in [0, 0.05) is 29.7 Å². The van der Waals surface area contributed by atoms with E-state index < -0.39 is 0 Å². The molecule has 0 aliphatic carbocycles. The molecule has 3 N–H and O–H groups in total. The van der Waals surface area contributed by atoms with Gasteiger partial charge in [-0.05, 0) is 25.3 Å². The molecule has 1 aromatic rings. The first-order valence-corrected chi connectivity index (χ1v) is 7.10. The van der Waals surface area contributed by atoms with Crippen LogP contribution in [0, 0.1) is 5.92 Å². The summed E-state index contributed by atoms with van der Waals surface area (Å²) in [5, 5.41) is 10.9.